The summed E-state index contributed by atoms with van der Waals surface area (Å²) in [6.45, 7) is -0.324. The standard InChI is InChI=1S/C23H15N3O5S/c27-19(30-15-9-7-14(8-10-15)25-22(28)18-6-3-11-32-18)12-26-13-24-20-16-4-1-2-5-17(16)31-21(20)23(26)29/h1-11,13H,12H2,(H,25,28). The van der Waals surface area contributed by atoms with Gasteiger partial charge in [-0.15, -0.1) is 11.3 Å². The van der Waals surface area contributed by atoms with Crippen molar-refractivity contribution in [3.8, 4) is 5.75 Å². The van der Waals surface area contributed by atoms with Gasteiger partial charge in [0, 0.05) is 11.1 Å². The Morgan fingerprint density at radius 2 is 1.88 bits per heavy atom. The molecule has 3 aromatic heterocycles. The normalized spacial score (nSPS) is 11.0. The second-order valence-electron chi connectivity index (χ2n) is 6.88. The summed E-state index contributed by atoms with van der Waals surface area (Å²) in [5.74, 6) is -0.563. The third-order valence-electron chi connectivity index (χ3n) is 4.74. The molecule has 0 aliphatic heterocycles. The van der Waals surface area contributed by atoms with Gasteiger partial charge in [0.2, 0.25) is 5.58 Å². The van der Waals surface area contributed by atoms with Crippen molar-refractivity contribution >= 4 is 51.0 Å². The van der Waals surface area contributed by atoms with Gasteiger partial charge in [0.1, 0.15) is 23.4 Å². The molecule has 0 saturated carbocycles. The highest BCUT2D eigenvalue weighted by Gasteiger charge is 2.15. The van der Waals surface area contributed by atoms with E-state index < -0.39 is 11.5 Å². The van der Waals surface area contributed by atoms with Crippen molar-refractivity contribution in [1.29, 1.82) is 0 Å². The number of furan rings is 1. The van der Waals surface area contributed by atoms with Crippen LogP contribution in [0.2, 0.25) is 0 Å². The lowest BCUT2D eigenvalue weighted by Crippen LogP contribution is -2.26. The number of rotatable bonds is 5. The molecule has 2 aromatic carbocycles. The van der Waals surface area contributed by atoms with Crippen LogP contribution in [0.3, 0.4) is 0 Å². The number of para-hydroxylation sites is 1. The first-order valence-corrected chi connectivity index (χ1v) is 10.5. The number of anilines is 1. The Morgan fingerprint density at radius 3 is 2.66 bits per heavy atom. The van der Waals surface area contributed by atoms with Gasteiger partial charge in [-0.1, -0.05) is 18.2 Å². The van der Waals surface area contributed by atoms with Gasteiger partial charge in [-0.2, -0.15) is 0 Å². The fourth-order valence-electron chi connectivity index (χ4n) is 3.24. The average Bonchev–Trinajstić information content (AvgIpc) is 3.46. The summed E-state index contributed by atoms with van der Waals surface area (Å²) in [7, 11) is 0. The zero-order valence-corrected chi connectivity index (χ0v) is 17.3. The Morgan fingerprint density at radius 1 is 1.06 bits per heavy atom. The van der Waals surface area contributed by atoms with Crippen LogP contribution in [0.5, 0.6) is 5.75 Å². The van der Waals surface area contributed by atoms with E-state index in [1.54, 1.807) is 48.5 Å². The summed E-state index contributed by atoms with van der Waals surface area (Å²) >= 11 is 1.34. The maximum Gasteiger partial charge on any atom is 0.331 e. The van der Waals surface area contributed by atoms with E-state index >= 15 is 0 Å². The lowest BCUT2D eigenvalue weighted by molar-refractivity contribution is -0.135. The number of fused-ring (bicyclic) bond motifs is 3. The van der Waals surface area contributed by atoms with Crippen molar-refractivity contribution in [1.82, 2.24) is 9.55 Å². The van der Waals surface area contributed by atoms with E-state index in [0.29, 0.717) is 21.7 Å². The molecule has 9 heteroatoms. The Labute approximate surface area is 184 Å². The minimum atomic E-state index is -0.639. The minimum Gasteiger partial charge on any atom is -0.448 e. The molecule has 0 unspecified atom stereocenters. The van der Waals surface area contributed by atoms with Crippen molar-refractivity contribution in [2.45, 2.75) is 6.54 Å². The van der Waals surface area contributed by atoms with E-state index in [-0.39, 0.29) is 23.8 Å². The van der Waals surface area contributed by atoms with Crippen LogP contribution in [0.25, 0.3) is 22.1 Å². The number of esters is 1. The molecule has 0 atom stereocenters. The Hall–Kier alpha value is -4.24. The summed E-state index contributed by atoms with van der Waals surface area (Å²) in [5, 5.41) is 5.33. The number of carbonyl (C=O) groups excluding carboxylic acids is 2. The fourth-order valence-corrected chi connectivity index (χ4v) is 3.86. The fraction of sp³-hybridized carbons (Fsp3) is 0.0435. The first kappa shape index (κ1) is 19.7. The predicted molar refractivity (Wildman–Crippen MR) is 120 cm³/mol. The van der Waals surface area contributed by atoms with Crippen LogP contribution >= 0.6 is 11.3 Å². The van der Waals surface area contributed by atoms with E-state index in [1.807, 2.05) is 17.5 Å². The van der Waals surface area contributed by atoms with Crippen molar-refractivity contribution in [3.05, 3.63) is 87.6 Å². The van der Waals surface area contributed by atoms with E-state index in [0.717, 1.165) is 9.95 Å². The summed E-state index contributed by atoms with van der Waals surface area (Å²) in [4.78, 5) is 42.0. The lowest BCUT2D eigenvalue weighted by Gasteiger charge is -2.08. The number of nitrogens with zero attached hydrogens (tertiary/aromatic N) is 2. The molecule has 5 rings (SSSR count). The van der Waals surface area contributed by atoms with Crippen LogP contribution in [0.4, 0.5) is 5.69 Å². The number of thiophene rings is 1. The number of carbonyl (C=O) groups is 2. The second kappa shape index (κ2) is 8.12. The summed E-state index contributed by atoms with van der Waals surface area (Å²) in [6.07, 6.45) is 1.30. The molecule has 32 heavy (non-hydrogen) atoms. The lowest BCUT2D eigenvalue weighted by atomic mass is 10.2. The number of hydrogen-bond acceptors (Lipinski definition) is 7. The smallest absolute Gasteiger partial charge is 0.331 e. The number of hydrogen-bond donors (Lipinski definition) is 1. The molecule has 0 bridgehead atoms. The highest BCUT2D eigenvalue weighted by atomic mass is 32.1. The number of nitrogens with one attached hydrogen (secondary N) is 1. The molecule has 0 fully saturated rings. The molecule has 5 aromatic rings. The molecule has 0 radical (unpaired) electrons. The first-order valence-electron chi connectivity index (χ1n) is 9.61. The molecular weight excluding hydrogens is 430 g/mol. The van der Waals surface area contributed by atoms with Crippen LogP contribution in [0.15, 0.2) is 81.6 Å². The Kier molecular flexibility index (Phi) is 5.00. The van der Waals surface area contributed by atoms with Crippen molar-refractivity contribution < 1.29 is 18.7 Å². The van der Waals surface area contributed by atoms with Gasteiger partial charge in [-0.3, -0.25) is 14.2 Å². The molecule has 158 valence electrons. The van der Waals surface area contributed by atoms with E-state index in [1.165, 1.54) is 17.7 Å². The van der Waals surface area contributed by atoms with Crippen LogP contribution in [-0.2, 0) is 11.3 Å². The Balaban J connectivity index is 1.28. The third kappa shape index (κ3) is 3.77. The summed E-state index contributed by atoms with van der Waals surface area (Å²) in [6, 6.07) is 17.1. The van der Waals surface area contributed by atoms with Gasteiger partial charge in [-0.05, 0) is 47.8 Å². The quantitative estimate of drug-likeness (QED) is 0.323. The van der Waals surface area contributed by atoms with Gasteiger partial charge in [-0.25, -0.2) is 9.78 Å². The molecule has 3 heterocycles. The topological polar surface area (TPSA) is 103 Å². The average molecular weight is 445 g/mol. The number of benzene rings is 2. The predicted octanol–water partition coefficient (Wildman–Crippen LogP) is 4.06. The minimum absolute atomic E-state index is 0.0901. The highest BCUT2D eigenvalue weighted by Crippen LogP contribution is 2.24. The number of aromatic nitrogens is 2. The first-order chi connectivity index (χ1) is 15.6. The van der Waals surface area contributed by atoms with Crippen molar-refractivity contribution in [2.75, 3.05) is 5.32 Å². The molecule has 8 nitrogen and oxygen atoms in total. The zero-order chi connectivity index (χ0) is 22.1. The van der Waals surface area contributed by atoms with Crippen LogP contribution in [-0.4, -0.2) is 21.4 Å². The molecule has 1 amide bonds. The molecule has 0 spiro atoms. The van der Waals surface area contributed by atoms with Gasteiger partial charge in [0.25, 0.3) is 11.5 Å². The largest absolute Gasteiger partial charge is 0.448 e. The Bertz CT molecular complexity index is 1500. The van der Waals surface area contributed by atoms with Crippen molar-refractivity contribution in [2.24, 2.45) is 0 Å². The van der Waals surface area contributed by atoms with Gasteiger partial charge >= 0.3 is 5.97 Å². The number of ether oxygens (including phenoxy) is 1. The third-order valence-corrected chi connectivity index (χ3v) is 5.61. The van der Waals surface area contributed by atoms with Crippen LogP contribution in [0, 0.1) is 0 Å². The molecule has 0 aliphatic carbocycles. The monoisotopic (exact) mass is 445 g/mol. The van der Waals surface area contributed by atoms with Crippen molar-refractivity contribution in [3.63, 3.8) is 0 Å². The van der Waals surface area contributed by atoms with E-state index in [4.69, 9.17) is 9.15 Å². The zero-order valence-electron chi connectivity index (χ0n) is 16.5. The number of amides is 1. The maximum absolute atomic E-state index is 12.7. The summed E-state index contributed by atoms with van der Waals surface area (Å²) in [5.41, 5.74) is 1.20. The summed E-state index contributed by atoms with van der Waals surface area (Å²) < 4.78 is 12.1. The van der Waals surface area contributed by atoms with Gasteiger partial charge in [0.05, 0.1) is 11.2 Å². The van der Waals surface area contributed by atoms with Crippen LogP contribution < -0.4 is 15.6 Å². The molecule has 0 saturated heterocycles. The second-order valence-corrected chi connectivity index (χ2v) is 7.83. The highest BCUT2D eigenvalue weighted by molar-refractivity contribution is 7.12. The van der Waals surface area contributed by atoms with E-state index in [9.17, 15) is 14.4 Å². The SMILES string of the molecule is O=C(Cn1cnc2c(oc3ccccc32)c1=O)Oc1ccc(NC(=O)c2cccs2)cc1. The van der Waals surface area contributed by atoms with Gasteiger partial charge in [0.15, 0.2) is 0 Å². The molecular formula is C23H15N3O5S. The van der Waals surface area contributed by atoms with Gasteiger partial charge < -0.3 is 14.5 Å². The van der Waals surface area contributed by atoms with E-state index in [2.05, 4.69) is 10.3 Å². The maximum atomic E-state index is 12.7. The molecule has 0 aliphatic rings. The van der Waals surface area contributed by atoms with Crippen LogP contribution in [0.1, 0.15) is 9.67 Å². The molecule has 1 N–H and O–H groups in total.